The lowest BCUT2D eigenvalue weighted by Gasteiger charge is -2.25. The van der Waals surface area contributed by atoms with Crippen LogP contribution in [0.15, 0.2) is 18.2 Å². The zero-order chi connectivity index (χ0) is 12.4. The Morgan fingerprint density at radius 2 is 2.22 bits per heavy atom. The Morgan fingerprint density at radius 3 is 3.06 bits per heavy atom. The average Bonchev–Trinajstić information content (AvgIpc) is 2.80. The van der Waals surface area contributed by atoms with Gasteiger partial charge >= 0.3 is 0 Å². The van der Waals surface area contributed by atoms with Crippen molar-refractivity contribution in [2.24, 2.45) is 0 Å². The number of halogens is 1. The van der Waals surface area contributed by atoms with Crippen LogP contribution in [0.4, 0.5) is 0 Å². The SMILES string of the molecule is Clc1ccc2c(c1)CCC2NCC1CCCCO1. The molecule has 1 N–H and O–H groups in total. The lowest BCUT2D eigenvalue weighted by molar-refractivity contribution is 0.0153. The zero-order valence-corrected chi connectivity index (χ0v) is 11.4. The van der Waals surface area contributed by atoms with Crippen LogP contribution in [-0.2, 0) is 11.2 Å². The van der Waals surface area contributed by atoms with Gasteiger partial charge in [0.1, 0.15) is 0 Å². The molecule has 18 heavy (non-hydrogen) atoms. The monoisotopic (exact) mass is 265 g/mol. The summed E-state index contributed by atoms with van der Waals surface area (Å²) in [6.07, 6.45) is 6.47. The first-order valence-electron chi connectivity index (χ1n) is 6.96. The molecule has 1 aliphatic carbocycles. The lowest BCUT2D eigenvalue weighted by atomic mass is 10.1. The van der Waals surface area contributed by atoms with E-state index < -0.39 is 0 Å². The van der Waals surface area contributed by atoms with E-state index in [1.54, 1.807) is 0 Å². The molecule has 1 fully saturated rings. The molecule has 0 spiro atoms. The minimum absolute atomic E-state index is 0.412. The molecule has 98 valence electrons. The Kier molecular flexibility index (Phi) is 3.88. The zero-order valence-electron chi connectivity index (χ0n) is 10.6. The van der Waals surface area contributed by atoms with Crippen LogP contribution in [0.2, 0.25) is 5.02 Å². The van der Waals surface area contributed by atoms with Crippen LogP contribution in [-0.4, -0.2) is 19.3 Å². The summed E-state index contributed by atoms with van der Waals surface area (Å²) in [5.74, 6) is 0. The fourth-order valence-corrected chi connectivity index (χ4v) is 3.23. The van der Waals surface area contributed by atoms with Crippen molar-refractivity contribution in [3.63, 3.8) is 0 Å². The van der Waals surface area contributed by atoms with E-state index in [-0.39, 0.29) is 0 Å². The highest BCUT2D eigenvalue weighted by atomic mass is 35.5. The Morgan fingerprint density at radius 1 is 1.28 bits per heavy atom. The molecule has 0 aromatic heterocycles. The highest BCUT2D eigenvalue weighted by Gasteiger charge is 2.23. The van der Waals surface area contributed by atoms with Gasteiger partial charge in [-0.05, 0) is 55.4 Å². The number of hydrogen-bond donors (Lipinski definition) is 1. The van der Waals surface area contributed by atoms with Crippen LogP contribution in [0.3, 0.4) is 0 Å². The third-order valence-electron chi connectivity index (χ3n) is 4.05. The second-order valence-electron chi connectivity index (χ2n) is 5.33. The maximum atomic E-state index is 6.03. The third kappa shape index (κ3) is 2.71. The molecule has 1 aromatic rings. The van der Waals surface area contributed by atoms with E-state index in [2.05, 4.69) is 17.4 Å². The molecule has 2 nitrogen and oxygen atoms in total. The van der Waals surface area contributed by atoms with Crippen molar-refractivity contribution >= 4 is 11.6 Å². The number of rotatable bonds is 3. The summed E-state index contributed by atoms with van der Waals surface area (Å²) < 4.78 is 5.76. The molecule has 0 saturated carbocycles. The van der Waals surface area contributed by atoms with Gasteiger partial charge in [-0.3, -0.25) is 0 Å². The number of aryl methyl sites for hydroxylation is 1. The summed E-state index contributed by atoms with van der Waals surface area (Å²) in [5.41, 5.74) is 2.83. The summed E-state index contributed by atoms with van der Waals surface area (Å²) >= 11 is 6.03. The van der Waals surface area contributed by atoms with E-state index in [4.69, 9.17) is 16.3 Å². The summed E-state index contributed by atoms with van der Waals surface area (Å²) in [5, 5.41) is 4.51. The molecule has 3 rings (SSSR count). The Balaban J connectivity index is 1.59. The minimum atomic E-state index is 0.412. The first kappa shape index (κ1) is 12.5. The minimum Gasteiger partial charge on any atom is -0.377 e. The van der Waals surface area contributed by atoms with E-state index in [9.17, 15) is 0 Å². The predicted molar refractivity (Wildman–Crippen MR) is 74.1 cm³/mol. The van der Waals surface area contributed by atoms with Gasteiger partial charge in [0, 0.05) is 24.2 Å². The number of nitrogens with one attached hydrogen (secondary N) is 1. The maximum Gasteiger partial charge on any atom is 0.0699 e. The van der Waals surface area contributed by atoms with Crippen LogP contribution in [0.25, 0.3) is 0 Å². The Hall–Kier alpha value is -0.570. The van der Waals surface area contributed by atoms with Crippen molar-refractivity contribution in [2.45, 2.75) is 44.2 Å². The second-order valence-corrected chi connectivity index (χ2v) is 5.77. The number of benzene rings is 1. The van der Waals surface area contributed by atoms with Crippen molar-refractivity contribution in [3.8, 4) is 0 Å². The molecule has 0 amide bonds. The third-order valence-corrected chi connectivity index (χ3v) is 4.28. The molecule has 0 bridgehead atoms. The molecule has 3 heteroatoms. The maximum absolute atomic E-state index is 6.03. The summed E-state index contributed by atoms with van der Waals surface area (Å²) in [7, 11) is 0. The molecule has 2 aliphatic rings. The van der Waals surface area contributed by atoms with Crippen molar-refractivity contribution in [3.05, 3.63) is 34.3 Å². The van der Waals surface area contributed by atoms with Gasteiger partial charge < -0.3 is 10.1 Å². The van der Waals surface area contributed by atoms with Crippen molar-refractivity contribution < 1.29 is 4.74 Å². The number of fused-ring (bicyclic) bond motifs is 1. The predicted octanol–water partition coefficient (Wildman–Crippen LogP) is 3.49. The normalized spacial score (nSPS) is 27.2. The van der Waals surface area contributed by atoms with E-state index in [0.29, 0.717) is 12.1 Å². The number of ether oxygens (including phenoxy) is 1. The molecule has 1 saturated heterocycles. The van der Waals surface area contributed by atoms with Crippen molar-refractivity contribution in [1.82, 2.24) is 5.32 Å². The van der Waals surface area contributed by atoms with E-state index in [1.165, 1.54) is 36.8 Å². The quantitative estimate of drug-likeness (QED) is 0.903. The molecule has 2 atom stereocenters. The average molecular weight is 266 g/mol. The highest BCUT2D eigenvalue weighted by molar-refractivity contribution is 6.30. The van der Waals surface area contributed by atoms with Crippen LogP contribution in [0.1, 0.15) is 42.9 Å². The van der Waals surface area contributed by atoms with Gasteiger partial charge in [0.2, 0.25) is 0 Å². The van der Waals surface area contributed by atoms with Gasteiger partial charge in [0.25, 0.3) is 0 Å². The largest absolute Gasteiger partial charge is 0.377 e. The van der Waals surface area contributed by atoms with E-state index in [0.717, 1.165) is 24.6 Å². The van der Waals surface area contributed by atoms with Crippen LogP contribution in [0, 0.1) is 0 Å². The fraction of sp³-hybridized carbons (Fsp3) is 0.600. The molecular formula is C15H20ClNO. The van der Waals surface area contributed by atoms with Gasteiger partial charge in [-0.1, -0.05) is 17.7 Å². The standard InChI is InChI=1S/C15H20ClNO/c16-12-5-6-14-11(9-12)4-7-15(14)17-10-13-3-1-2-8-18-13/h5-6,9,13,15,17H,1-4,7-8,10H2. The lowest BCUT2D eigenvalue weighted by Crippen LogP contribution is -2.33. The molecular weight excluding hydrogens is 246 g/mol. The molecule has 1 aromatic carbocycles. The van der Waals surface area contributed by atoms with Gasteiger partial charge in [-0.2, -0.15) is 0 Å². The van der Waals surface area contributed by atoms with Gasteiger partial charge in [-0.15, -0.1) is 0 Å². The molecule has 2 unspecified atom stereocenters. The summed E-state index contributed by atoms with van der Waals surface area (Å²) in [6.45, 7) is 1.91. The van der Waals surface area contributed by atoms with Gasteiger partial charge in [0.15, 0.2) is 0 Å². The number of hydrogen-bond acceptors (Lipinski definition) is 2. The van der Waals surface area contributed by atoms with E-state index >= 15 is 0 Å². The van der Waals surface area contributed by atoms with Crippen molar-refractivity contribution in [1.29, 1.82) is 0 Å². The highest BCUT2D eigenvalue weighted by Crippen LogP contribution is 2.32. The summed E-state index contributed by atoms with van der Waals surface area (Å²) in [4.78, 5) is 0. The summed E-state index contributed by atoms with van der Waals surface area (Å²) in [6, 6.07) is 6.76. The Bertz CT molecular complexity index is 415. The topological polar surface area (TPSA) is 21.3 Å². The van der Waals surface area contributed by atoms with Crippen LogP contribution >= 0.6 is 11.6 Å². The van der Waals surface area contributed by atoms with Crippen LogP contribution < -0.4 is 5.32 Å². The first-order valence-corrected chi connectivity index (χ1v) is 7.34. The molecule has 1 aliphatic heterocycles. The van der Waals surface area contributed by atoms with E-state index in [1.807, 2.05) is 6.07 Å². The Labute approximate surface area is 114 Å². The van der Waals surface area contributed by atoms with Crippen LogP contribution in [0.5, 0.6) is 0 Å². The smallest absolute Gasteiger partial charge is 0.0699 e. The molecule has 1 heterocycles. The fourth-order valence-electron chi connectivity index (χ4n) is 3.04. The molecule has 0 radical (unpaired) electrons. The first-order chi connectivity index (χ1) is 8.83. The van der Waals surface area contributed by atoms with Crippen molar-refractivity contribution in [2.75, 3.05) is 13.2 Å². The van der Waals surface area contributed by atoms with Gasteiger partial charge in [0.05, 0.1) is 6.10 Å². The second kappa shape index (κ2) is 5.60. The van der Waals surface area contributed by atoms with Gasteiger partial charge in [-0.25, -0.2) is 0 Å².